The van der Waals surface area contributed by atoms with Gasteiger partial charge in [0.15, 0.2) is 5.78 Å². The van der Waals surface area contributed by atoms with Crippen LogP contribution < -0.4 is 48.7 Å². The second-order valence-corrected chi connectivity index (χ2v) is 15.0. The summed E-state index contributed by atoms with van der Waals surface area (Å²) in [5.74, 6) is -9.18. The zero-order valence-electron chi connectivity index (χ0n) is 34.7. The van der Waals surface area contributed by atoms with Crippen LogP contribution in [-0.2, 0) is 49.6 Å². The van der Waals surface area contributed by atoms with Gasteiger partial charge in [-0.25, -0.2) is 0 Å². The molecule has 21 heteroatoms. The number of rotatable bonds is 20. The molecular weight excluding hydrogens is 798 g/mol. The van der Waals surface area contributed by atoms with Crippen molar-refractivity contribution in [1.82, 2.24) is 37.2 Å². The van der Waals surface area contributed by atoms with Crippen LogP contribution in [0.3, 0.4) is 0 Å². The van der Waals surface area contributed by atoms with Crippen LogP contribution in [-0.4, -0.2) is 131 Å². The van der Waals surface area contributed by atoms with Crippen molar-refractivity contribution in [2.75, 3.05) is 26.3 Å². The minimum absolute atomic E-state index is 0.102. The van der Waals surface area contributed by atoms with Gasteiger partial charge >= 0.3 is 0 Å². The Labute approximate surface area is 354 Å². The maximum atomic E-state index is 13.7. The van der Waals surface area contributed by atoms with E-state index in [0.29, 0.717) is 12.0 Å². The van der Waals surface area contributed by atoms with Crippen molar-refractivity contribution in [3.63, 3.8) is 0 Å². The van der Waals surface area contributed by atoms with Gasteiger partial charge in [-0.1, -0.05) is 76.8 Å². The van der Waals surface area contributed by atoms with Gasteiger partial charge in [-0.2, -0.15) is 0 Å². The van der Waals surface area contributed by atoms with Crippen LogP contribution in [0.1, 0.15) is 96.0 Å². The number of unbranched alkanes of at least 4 members (excludes halogenated alkanes) is 9. The van der Waals surface area contributed by atoms with Gasteiger partial charge in [-0.15, -0.1) is 0 Å². The molecule has 0 aliphatic carbocycles. The summed E-state index contributed by atoms with van der Waals surface area (Å²) >= 11 is 0. The van der Waals surface area contributed by atoms with Crippen LogP contribution in [0.5, 0.6) is 5.75 Å². The van der Waals surface area contributed by atoms with Crippen molar-refractivity contribution in [2.45, 2.75) is 133 Å². The van der Waals surface area contributed by atoms with Crippen molar-refractivity contribution in [2.24, 2.45) is 11.5 Å². The number of phenols is 1. The number of carbonyl (C=O) groups excluding carboxylic acids is 9. The lowest BCUT2D eigenvalue weighted by atomic mass is 9.99. The molecule has 6 atom stereocenters. The number of nitrogens with two attached hydrogens (primary N) is 2. The van der Waals surface area contributed by atoms with Gasteiger partial charge in [0.05, 0.1) is 44.7 Å². The second kappa shape index (κ2) is 28.0. The molecular formula is C40H63N9O12. The first-order chi connectivity index (χ1) is 29.1. The molecule has 0 aromatic heterocycles. The van der Waals surface area contributed by atoms with Crippen LogP contribution in [0.25, 0.3) is 0 Å². The average molecular weight is 862 g/mol. The van der Waals surface area contributed by atoms with Crippen LogP contribution >= 0.6 is 0 Å². The lowest BCUT2D eigenvalue weighted by Crippen LogP contribution is -2.61. The van der Waals surface area contributed by atoms with E-state index in [2.05, 4.69) is 44.1 Å². The molecule has 61 heavy (non-hydrogen) atoms. The molecule has 21 nitrogen and oxygen atoms in total. The predicted octanol–water partition coefficient (Wildman–Crippen LogP) is -2.94. The quantitative estimate of drug-likeness (QED) is 0.0585. The predicted molar refractivity (Wildman–Crippen MR) is 220 cm³/mol. The largest absolute Gasteiger partial charge is 0.508 e. The first-order valence-corrected chi connectivity index (χ1v) is 20.7. The number of aliphatic hydroxyl groups excluding tert-OH is 2. The number of ketones is 1. The van der Waals surface area contributed by atoms with E-state index >= 15 is 0 Å². The van der Waals surface area contributed by atoms with Crippen LogP contribution in [0.15, 0.2) is 24.3 Å². The molecule has 1 aliphatic heterocycles. The molecule has 0 bridgehead atoms. The molecule has 2 rings (SSSR count). The molecule has 340 valence electrons. The number of phenolic OH excluding ortho intramolecular Hbond substituents is 1. The van der Waals surface area contributed by atoms with E-state index in [1.54, 1.807) is 0 Å². The summed E-state index contributed by atoms with van der Waals surface area (Å²) < 4.78 is 0. The van der Waals surface area contributed by atoms with Gasteiger partial charge in [0.25, 0.3) is 0 Å². The Kier molecular flexibility index (Phi) is 23.6. The number of Topliss-reactive ketones (excluding diaryl/α,β-unsaturated/α-hetero) is 1. The van der Waals surface area contributed by atoms with Crippen molar-refractivity contribution < 1.29 is 58.5 Å². The topological polar surface area (TPSA) is 351 Å². The Morgan fingerprint density at radius 2 is 1.18 bits per heavy atom. The maximum Gasteiger partial charge on any atom is 0.245 e. The fourth-order valence-corrected chi connectivity index (χ4v) is 6.51. The van der Waals surface area contributed by atoms with E-state index < -0.39 is 128 Å². The van der Waals surface area contributed by atoms with E-state index in [1.165, 1.54) is 49.9 Å². The third kappa shape index (κ3) is 20.0. The molecule has 0 radical (unpaired) electrons. The van der Waals surface area contributed by atoms with Gasteiger partial charge in [-0.05, 0) is 24.1 Å². The van der Waals surface area contributed by atoms with Crippen LogP contribution in [0.2, 0.25) is 0 Å². The molecule has 8 amide bonds. The number of amides is 8. The zero-order chi connectivity index (χ0) is 45.3. The van der Waals surface area contributed by atoms with Crippen LogP contribution in [0.4, 0.5) is 0 Å². The molecule has 1 aromatic rings. The van der Waals surface area contributed by atoms with Gasteiger partial charge in [0, 0.05) is 19.4 Å². The monoisotopic (exact) mass is 861 g/mol. The number of hydrogen-bond acceptors (Lipinski definition) is 13. The van der Waals surface area contributed by atoms with E-state index in [0.717, 1.165) is 32.1 Å². The molecule has 0 spiro atoms. The van der Waals surface area contributed by atoms with Gasteiger partial charge < -0.3 is 58.7 Å². The molecule has 0 unspecified atom stereocenters. The Morgan fingerprint density at radius 3 is 1.75 bits per heavy atom. The number of nitrogens with one attached hydrogen (secondary N) is 7. The fraction of sp³-hybridized carbons (Fsp3) is 0.625. The first-order valence-electron chi connectivity index (χ1n) is 20.7. The number of aliphatic hydroxyl groups is 2. The molecule has 1 aromatic carbocycles. The second-order valence-electron chi connectivity index (χ2n) is 15.0. The number of carbonyl (C=O) groups is 9. The molecule has 0 saturated carbocycles. The summed E-state index contributed by atoms with van der Waals surface area (Å²) in [7, 11) is 0. The third-order valence-electron chi connectivity index (χ3n) is 9.85. The molecule has 1 heterocycles. The highest BCUT2D eigenvalue weighted by atomic mass is 16.3. The number of primary amides is 2. The van der Waals surface area contributed by atoms with E-state index in [1.807, 2.05) is 0 Å². The van der Waals surface area contributed by atoms with Crippen molar-refractivity contribution in [1.29, 1.82) is 0 Å². The highest BCUT2D eigenvalue weighted by molar-refractivity contribution is 5.99. The first kappa shape index (κ1) is 51.5. The summed E-state index contributed by atoms with van der Waals surface area (Å²) in [6.07, 6.45) is 7.90. The van der Waals surface area contributed by atoms with Crippen molar-refractivity contribution >= 4 is 53.0 Å². The van der Waals surface area contributed by atoms with Crippen molar-refractivity contribution in [3.05, 3.63) is 29.8 Å². The van der Waals surface area contributed by atoms with E-state index in [4.69, 9.17) is 11.5 Å². The minimum atomic E-state index is -1.72. The van der Waals surface area contributed by atoms with Crippen molar-refractivity contribution in [3.8, 4) is 5.75 Å². The third-order valence-corrected chi connectivity index (χ3v) is 9.85. The molecule has 1 fully saturated rings. The standard InChI is InChI=1S/C40H63N9O12/c1-2-3-4-5-6-7-8-9-10-11-16-43-37(58)29-20-34(55)47-31(23-51)40(61)48-27(17-24-12-14-25(52)15-13-24)39(60)49-28(19-33(42)54)38(59)44-21-35(56)46-30(22-50)36(57)26(45-29)18-32(41)53/h12-15,26-31,45,50-52H,2-11,16-23H2,1H3,(H2,41,53)(H2,42,54)(H,43,58)(H,44,59)(H,46,56)(H,47,55)(H,48,61)(H,49,60)/t26-,27+,28+,29-,30-,31+/m0/s1. The maximum absolute atomic E-state index is 13.7. The molecule has 1 saturated heterocycles. The Balaban J connectivity index is 2.42. The van der Waals surface area contributed by atoms with Gasteiger partial charge in [-0.3, -0.25) is 48.5 Å². The minimum Gasteiger partial charge on any atom is -0.508 e. The summed E-state index contributed by atoms with van der Waals surface area (Å²) in [5, 5.41) is 46.8. The number of aromatic hydroxyl groups is 1. The normalized spacial score (nSPS) is 22.5. The van der Waals surface area contributed by atoms with Crippen LogP contribution in [0, 0.1) is 0 Å². The Morgan fingerprint density at radius 1 is 0.656 bits per heavy atom. The average Bonchev–Trinajstić information content (AvgIpc) is 3.21. The smallest absolute Gasteiger partial charge is 0.245 e. The summed E-state index contributed by atoms with van der Waals surface area (Å²) in [6, 6.07) is -4.37. The molecule has 14 N–H and O–H groups in total. The SMILES string of the molecule is CCCCCCCCCCCCNC(=O)[C@@H]1CC(=O)N[C@H](CO)C(=O)N[C@H](Cc2ccc(O)cc2)C(=O)N[C@H](CC(N)=O)C(=O)NCC(=O)N[C@@H](CO)C(=O)[C@H](CC(N)=O)N1. The number of hydrogen-bond donors (Lipinski definition) is 12. The zero-order valence-corrected chi connectivity index (χ0v) is 34.7. The summed E-state index contributed by atoms with van der Waals surface area (Å²) in [6.45, 7) is -0.507. The van der Waals surface area contributed by atoms with Gasteiger partial charge in [0.2, 0.25) is 47.3 Å². The fourth-order valence-electron chi connectivity index (χ4n) is 6.51. The number of benzene rings is 1. The lowest BCUT2D eigenvalue weighted by molar-refractivity contribution is -0.136. The Hall–Kier alpha value is -5.67. The van der Waals surface area contributed by atoms with E-state index in [9.17, 15) is 58.5 Å². The van der Waals surface area contributed by atoms with E-state index in [-0.39, 0.29) is 18.7 Å². The molecule has 1 aliphatic rings. The van der Waals surface area contributed by atoms with Gasteiger partial charge in [0.1, 0.15) is 29.9 Å². The highest BCUT2D eigenvalue weighted by Crippen LogP contribution is 2.13. The summed E-state index contributed by atoms with van der Waals surface area (Å²) in [5.41, 5.74) is 11.1. The summed E-state index contributed by atoms with van der Waals surface area (Å²) in [4.78, 5) is 118. The highest BCUT2D eigenvalue weighted by Gasteiger charge is 2.36. The lowest BCUT2D eigenvalue weighted by Gasteiger charge is -2.28. The Bertz CT molecular complexity index is 1640.